The lowest BCUT2D eigenvalue weighted by molar-refractivity contribution is 0.0955. The average molecular weight is 423 g/mol. The molecule has 0 bridgehead atoms. The molecule has 6 nitrogen and oxygen atoms in total. The van der Waals surface area contributed by atoms with Crippen LogP contribution >= 0.6 is 15.9 Å². The molecular weight excluding hydrogens is 408 g/mol. The Bertz CT molecular complexity index is 1000. The van der Waals surface area contributed by atoms with Crippen LogP contribution in [-0.4, -0.2) is 17.2 Å². The number of phenolic OH excluding ortho intramolecular Hbond substituents is 1. The summed E-state index contributed by atoms with van der Waals surface area (Å²) in [4.78, 5) is 11.9. The number of halogens is 1. The van der Waals surface area contributed by atoms with Gasteiger partial charge in [-0.25, -0.2) is 5.43 Å². The number of amides is 1. The van der Waals surface area contributed by atoms with Gasteiger partial charge in [0, 0.05) is 15.6 Å². The van der Waals surface area contributed by atoms with Gasteiger partial charge in [0.25, 0.3) is 5.91 Å². The molecule has 0 aliphatic carbocycles. The second-order valence-electron chi connectivity index (χ2n) is 5.49. The molecule has 0 fully saturated rings. The third-order valence-electron chi connectivity index (χ3n) is 3.51. The van der Waals surface area contributed by atoms with Crippen LogP contribution in [-0.2, 0) is 0 Å². The molecule has 7 heteroatoms. The standard InChI is InChI=1S/C20H15BrN4O2/c21-16-7-4-8-17(12-16)23-24-18-9-10-19(26)15(11-18)13-22-25-20(27)14-5-2-1-3-6-14/h1-13,26H,(H,25,27). The van der Waals surface area contributed by atoms with E-state index in [1.54, 1.807) is 36.4 Å². The minimum absolute atomic E-state index is 0.0223. The van der Waals surface area contributed by atoms with E-state index in [1.807, 2.05) is 30.3 Å². The number of hydrogen-bond donors (Lipinski definition) is 2. The fraction of sp³-hybridized carbons (Fsp3) is 0. The minimum atomic E-state index is -0.336. The van der Waals surface area contributed by atoms with E-state index >= 15 is 0 Å². The summed E-state index contributed by atoms with van der Waals surface area (Å²) >= 11 is 3.38. The van der Waals surface area contributed by atoms with Crippen LogP contribution in [0.2, 0.25) is 0 Å². The summed E-state index contributed by atoms with van der Waals surface area (Å²) in [5.41, 5.74) is 4.57. The second kappa shape index (κ2) is 8.86. The van der Waals surface area contributed by atoms with Crippen molar-refractivity contribution in [1.82, 2.24) is 5.43 Å². The molecule has 3 aromatic carbocycles. The van der Waals surface area contributed by atoms with E-state index < -0.39 is 0 Å². The first-order valence-corrected chi connectivity index (χ1v) is 8.80. The topological polar surface area (TPSA) is 86.4 Å². The van der Waals surface area contributed by atoms with Crippen molar-refractivity contribution in [2.45, 2.75) is 0 Å². The zero-order chi connectivity index (χ0) is 19.1. The van der Waals surface area contributed by atoms with Crippen LogP contribution in [0.15, 0.2) is 92.6 Å². The van der Waals surface area contributed by atoms with Crippen LogP contribution in [0.25, 0.3) is 0 Å². The third kappa shape index (κ3) is 5.32. The predicted octanol–water partition coefficient (Wildman–Crippen LogP) is 5.33. The van der Waals surface area contributed by atoms with E-state index in [4.69, 9.17) is 0 Å². The fourth-order valence-electron chi connectivity index (χ4n) is 2.18. The summed E-state index contributed by atoms with van der Waals surface area (Å²) in [6, 6.07) is 20.9. The maximum absolute atomic E-state index is 11.9. The smallest absolute Gasteiger partial charge is 0.271 e. The molecule has 0 saturated carbocycles. The number of phenols is 1. The van der Waals surface area contributed by atoms with E-state index in [9.17, 15) is 9.90 Å². The molecule has 3 rings (SSSR count). The van der Waals surface area contributed by atoms with Gasteiger partial charge in [0.2, 0.25) is 0 Å². The molecule has 0 aliphatic rings. The summed E-state index contributed by atoms with van der Waals surface area (Å²) in [5, 5.41) is 22.2. The van der Waals surface area contributed by atoms with Crippen molar-refractivity contribution >= 4 is 39.4 Å². The van der Waals surface area contributed by atoms with E-state index in [2.05, 4.69) is 36.7 Å². The Morgan fingerprint density at radius 2 is 1.67 bits per heavy atom. The molecule has 3 aromatic rings. The van der Waals surface area contributed by atoms with Crippen molar-refractivity contribution in [2.75, 3.05) is 0 Å². The molecule has 2 N–H and O–H groups in total. The van der Waals surface area contributed by atoms with Gasteiger partial charge in [-0.15, -0.1) is 0 Å². The summed E-state index contributed by atoms with van der Waals surface area (Å²) in [5.74, 6) is -0.314. The Labute approximate surface area is 164 Å². The van der Waals surface area contributed by atoms with Crippen LogP contribution in [0.3, 0.4) is 0 Å². The van der Waals surface area contributed by atoms with Crippen LogP contribution in [0.1, 0.15) is 15.9 Å². The van der Waals surface area contributed by atoms with Gasteiger partial charge in [0.15, 0.2) is 0 Å². The fourth-order valence-corrected chi connectivity index (χ4v) is 2.56. The molecule has 0 unspecified atom stereocenters. The Kier molecular flexibility index (Phi) is 6.06. The maximum Gasteiger partial charge on any atom is 0.271 e. The van der Waals surface area contributed by atoms with Gasteiger partial charge in [-0.05, 0) is 48.5 Å². The van der Waals surface area contributed by atoms with Gasteiger partial charge < -0.3 is 5.11 Å². The number of carbonyl (C=O) groups is 1. The molecule has 0 spiro atoms. The van der Waals surface area contributed by atoms with Gasteiger partial charge in [-0.1, -0.05) is 40.2 Å². The first kappa shape index (κ1) is 18.5. The highest BCUT2D eigenvalue weighted by Gasteiger charge is 2.03. The zero-order valence-corrected chi connectivity index (χ0v) is 15.7. The van der Waals surface area contributed by atoms with Crippen molar-refractivity contribution in [3.63, 3.8) is 0 Å². The van der Waals surface area contributed by atoms with Crippen molar-refractivity contribution in [2.24, 2.45) is 15.3 Å². The third-order valence-corrected chi connectivity index (χ3v) is 4.00. The Morgan fingerprint density at radius 3 is 2.41 bits per heavy atom. The van der Waals surface area contributed by atoms with Crippen molar-refractivity contribution < 1.29 is 9.90 Å². The quantitative estimate of drug-likeness (QED) is 0.330. The number of benzene rings is 3. The summed E-state index contributed by atoms with van der Waals surface area (Å²) < 4.78 is 0.909. The number of aromatic hydroxyl groups is 1. The molecule has 134 valence electrons. The van der Waals surface area contributed by atoms with Crippen LogP contribution in [0.4, 0.5) is 11.4 Å². The van der Waals surface area contributed by atoms with Crippen LogP contribution in [0, 0.1) is 0 Å². The Morgan fingerprint density at radius 1 is 0.926 bits per heavy atom. The normalized spacial score (nSPS) is 11.1. The average Bonchev–Trinajstić information content (AvgIpc) is 2.69. The summed E-state index contributed by atoms with van der Waals surface area (Å²) in [6.45, 7) is 0. The number of azo groups is 1. The molecule has 1 amide bonds. The van der Waals surface area contributed by atoms with Gasteiger partial charge in [0.05, 0.1) is 17.6 Å². The van der Waals surface area contributed by atoms with E-state index in [-0.39, 0.29) is 11.7 Å². The van der Waals surface area contributed by atoms with E-state index in [0.29, 0.717) is 22.5 Å². The lowest BCUT2D eigenvalue weighted by Gasteiger charge is -2.01. The molecule has 0 atom stereocenters. The van der Waals surface area contributed by atoms with Crippen molar-refractivity contribution in [1.29, 1.82) is 0 Å². The SMILES string of the molecule is O=C(NN=Cc1cc(N=Nc2cccc(Br)c2)ccc1O)c1ccccc1. The lowest BCUT2D eigenvalue weighted by Crippen LogP contribution is -2.17. The highest BCUT2D eigenvalue weighted by Crippen LogP contribution is 2.25. The largest absolute Gasteiger partial charge is 0.507 e. The van der Waals surface area contributed by atoms with Crippen molar-refractivity contribution in [3.8, 4) is 5.75 Å². The molecule has 0 heterocycles. The number of carbonyl (C=O) groups excluding carboxylic acids is 1. The zero-order valence-electron chi connectivity index (χ0n) is 14.1. The van der Waals surface area contributed by atoms with E-state index in [1.165, 1.54) is 12.3 Å². The van der Waals surface area contributed by atoms with Gasteiger partial charge in [-0.3, -0.25) is 4.79 Å². The number of nitrogens with zero attached hydrogens (tertiary/aromatic N) is 3. The molecule has 0 aromatic heterocycles. The molecule has 0 radical (unpaired) electrons. The molecule has 0 aliphatic heterocycles. The lowest BCUT2D eigenvalue weighted by atomic mass is 10.2. The minimum Gasteiger partial charge on any atom is -0.507 e. The highest BCUT2D eigenvalue weighted by atomic mass is 79.9. The monoisotopic (exact) mass is 422 g/mol. The number of rotatable bonds is 5. The van der Waals surface area contributed by atoms with E-state index in [0.717, 1.165) is 4.47 Å². The maximum atomic E-state index is 11.9. The molecular formula is C20H15BrN4O2. The Balaban J connectivity index is 1.70. The first-order chi connectivity index (χ1) is 13.1. The van der Waals surface area contributed by atoms with Gasteiger partial charge in [-0.2, -0.15) is 15.3 Å². The van der Waals surface area contributed by atoms with Crippen molar-refractivity contribution in [3.05, 3.63) is 88.4 Å². The summed E-state index contributed by atoms with van der Waals surface area (Å²) in [7, 11) is 0. The van der Waals surface area contributed by atoms with Crippen LogP contribution < -0.4 is 5.43 Å². The number of nitrogens with one attached hydrogen (secondary N) is 1. The first-order valence-electron chi connectivity index (χ1n) is 8.00. The number of hydrazone groups is 1. The highest BCUT2D eigenvalue weighted by molar-refractivity contribution is 9.10. The number of hydrogen-bond acceptors (Lipinski definition) is 5. The molecule has 27 heavy (non-hydrogen) atoms. The predicted molar refractivity (Wildman–Crippen MR) is 108 cm³/mol. The van der Waals surface area contributed by atoms with Crippen LogP contribution in [0.5, 0.6) is 5.75 Å². The Hall–Kier alpha value is -3.32. The van der Waals surface area contributed by atoms with Gasteiger partial charge in [0.1, 0.15) is 5.75 Å². The van der Waals surface area contributed by atoms with Gasteiger partial charge >= 0.3 is 0 Å². The second-order valence-corrected chi connectivity index (χ2v) is 6.40. The summed E-state index contributed by atoms with van der Waals surface area (Å²) in [6.07, 6.45) is 1.36. The molecule has 0 saturated heterocycles.